The molecule has 0 aromatic carbocycles. The Morgan fingerprint density at radius 3 is 0.789 bits per heavy atom. The van der Waals surface area contributed by atoms with Gasteiger partial charge in [-0.15, -0.1) is 0 Å². The first kappa shape index (κ1) is 36.9. The van der Waals surface area contributed by atoms with Crippen LogP contribution < -0.4 is 0 Å². The highest BCUT2D eigenvalue weighted by Crippen LogP contribution is 2.14. The molecule has 226 valence electrons. The average Bonchev–Trinajstić information content (AvgIpc) is 2.92. The third-order valence-electron chi connectivity index (χ3n) is 7.58. The molecule has 0 aliphatic heterocycles. The molecular formula is C34H66O4. The lowest BCUT2D eigenvalue weighted by molar-refractivity contribution is -0.152. The fraction of sp³-hybridized carbons (Fsp3) is 0.941. The van der Waals surface area contributed by atoms with Gasteiger partial charge in [-0.25, -0.2) is 0 Å². The maximum Gasteiger partial charge on any atom is 0.305 e. The second-order valence-corrected chi connectivity index (χ2v) is 11.4. The number of esters is 2. The summed E-state index contributed by atoms with van der Waals surface area (Å²) in [6.07, 6.45) is 34.7. The fourth-order valence-electron chi connectivity index (χ4n) is 5.03. The third kappa shape index (κ3) is 31.2. The van der Waals surface area contributed by atoms with E-state index in [2.05, 4.69) is 13.8 Å². The SMILES string of the molecule is CCCCCCCCCCCCCCCC(=O)OCCOC(=O)CCCCCCCCCCCCCCC. The zero-order chi connectivity index (χ0) is 27.8. The van der Waals surface area contributed by atoms with Crippen LogP contribution in [0.3, 0.4) is 0 Å². The molecule has 0 spiro atoms. The number of carbonyl (C=O) groups is 2. The highest BCUT2D eigenvalue weighted by molar-refractivity contribution is 5.70. The van der Waals surface area contributed by atoms with Gasteiger partial charge >= 0.3 is 11.9 Å². The van der Waals surface area contributed by atoms with Crippen LogP contribution in [0.15, 0.2) is 0 Å². The number of hydrogen-bond acceptors (Lipinski definition) is 4. The van der Waals surface area contributed by atoms with Crippen molar-refractivity contribution in [3.8, 4) is 0 Å². The van der Waals surface area contributed by atoms with Crippen LogP contribution >= 0.6 is 0 Å². The van der Waals surface area contributed by atoms with E-state index < -0.39 is 0 Å². The van der Waals surface area contributed by atoms with E-state index in [9.17, 15) is 9.59 Å². The molecule has 38 heavy (non-hydrogen) atoms. The van der Waals surface area contributed by atoms with Crippen molar-refractivity contribution in [2.24, 2.45) is 0 Å². The predicted molar refractivity (Wildman–Crippen MR) is 163 cm³/mol. The molecule has 0 heterocycles. The maximum atomic E-state index is 11.8. The average molecular weight is 539 g/mol. The second-order valence-electron chi connectivity index (χ2n) is 11.4. The molecule has 0 aliphatic rings. The predicted octanol–water partition coefficient (Wildman–Crippen LogP) is 11.0. The van der Waals surface area contributed by atoms with Gasteiger partial charge in [0, 0.05) is 12.8 Å². The van der Waals surface area contributed by atoms with Crippen LogP contribution in [0.2, 0.25) is 0 Å². The zero-order valence-electron chi connectivity index (χ0n) is 25.8. The first-order valence-electron chi connectivity index (χ1n) is 17.0. The lowest BCUT2D eigenvalue weighted by Crippen LogP contribution is -2.13. The summed E-state index contributed by atoms with van der Waals surface area (Å²) in [4.78, 5) is 23.7. The third-order valence-corrected chi connectivity index (χ3v) is 7.58. The Balaban J connectivity index is 3.27. The first-order chi connectivity index (χ1) is 18.7. The van der Waals surface area contributed by atoms with Crippen molar-refractivity contribution in [1.82, 2.24) is 0 Å². The highest BCUT2D eigenvalue weighted by atomic mass is 16.6. The molecule has 0 amide bonds. The highest BCUT2D eigenvalue weighted by Gasteiger charge is 2.06. The molecule has 0 aromatic heterocycles. The van der Waals surface area contributed by atoms with Crippen molar-refractivity contribution in [1.29, 1.82) is 0 Å². The molecule has 0 aliphatic carbocycles. The van der Waals surface area contributed by atoms with E-state index in [1.807, 2.05) is 0 Å². The number of carbonyl (C=O) groups excluding carboxylic acids is 2. The minimum absolute atomic E-state index is 0.166. The normalized spacial score (nSPS) is 11.1. The Labute approximate surface area is 237 Å². The number of unbranched alkanes of at least 4 members (excludes halogenated alkanes) is 24. The minimum Gasteiger partial charge on any atom is -0.462 e. The molecule has 4 nitrogen and oxygen atoms in total. The van der Waals surface area contributed by atoms with Crippen molar-refractivity contribution < 1.29 is 19.1 Å². The van der Waals surface area contributed by atoms with Gasteiger partial charge in [0.15, 0.2) is 0 Å². The maximum absolute atomic E-state index is 11.8. The van der Waals surface area contributed by atoms with Crippen molar-refractivity contribution >= 4 is 11.9 Å². The standard InChI is InChI=1S/C34H66O4/c1-3-5-7-9-11-13-15-17-19-21-23-25-27-29-33(35)37-31-32-38-34(36)30-28-26-24-22-20-18-16-14-12-10-8-6-4-2/h3-32H2,1-2H3. The van der Waals surface area contributed by atoms with Crippen LogP contribution in [0.25, 0.3) is 0 Å². The zero-order valence-corrected chi connectivity index (χ0v) is 25.8. The van der Waals surface area contributed by atoms with Gasteiger partial charge in [-0.3, -0.25) is 9.59 Å². The van der Waals surface area contributed by atoms with Gasteiger partial charge in [0.1, 0.15) is 13.2 Å². The van der Waals surface area contributed by atoms with Crippen molar-refractivity contribution in [2.75, 3.05) is 13.2 Å². The van der Waals surface area contributed by atoms with E-state index in [4.69, 9.17) is 9.47 Å². The molecule has 0 saturated carbocycles. The van der Waals surface area contributed by atoms with Gasteiger partial charge in [0.2, 0.25) is 0 Å². The lowest BCUT2D eigenvalue weighted by Gasteiger charge is -2.07. The molecule has 0 rings (SSSR count). The molecule has 0 saturated heterocycles. The summed E-state index contributed by atoms with van der Waals surface area (Å²) < 4.78 is 10.4. The number of hydrogen-bond donors (Lipinski definition) is 0. The van der Waals surface area contributed by atoms with Crippen molar-refractivity contribution in [3.63, 3.8) is 0 Å². The summed E-state index contributed by atoms with van der Waals surface area (Å²) in [6, 6.07) is 0. The largest absolute Gasteiger partial charge is 0.462 e. The number of rotatable bonds is 31. The van der Waals surface area contributed by atoms with Crippen LogP contribution in [0, 0.1) is 0 Å². The van der Waals surface area contributed by atoms with E-state index in [-0.39, 0.29) is 25.2 Å². The van der Waals surface area contributed by atoms with Crippen LogP contribution in [-0.2, 0) is 19.1 Å². The molecule has 4 heteroatoms. The van der Waals surface area contributed by atoms with E-state index in [1.54, 1.807) is 0 Å². The monoisotopic (exact) mass is 538 g/mol. The summed E-state index contributed by atoms with van der Waals surface area (Å²) in [7, 11) is 0. The van der Waals surface area contributed by atoms with Crippen LogP contribution in [0.1, 0.15) is 194 Å². The van der Waals surface area contributed by atoms with Crippen molar-refractivity contribution in [2.45, 2.75) is 194 Å². The Morgan fingerprint density at radius 2 is 0.553 bits per heavy atom. The van der Waals surface area contributed by atoms with Gasteiger partial charge in [0.05, 0.1) is 0 Å². The topological polar surface area (TPSA) is 52.6 Å². The summed E-state index contributed by atoms with van der Waals surface area (Å²) in [5.74, 6) is -0.332. The summed E-state index contributed by atoms with van der Waals surface area (Å²) >= 11 is 0. The lowest BCUT2D eigenvalue weighted by atomic mass is 10.0. The minimum atomic E-state index is -0.166. The van der Waals surface area contributed by atoms with Crippen LogP contribution in [-0.4, -0.2) is 25.2 Å². The van der Waals surface area contributed by atoms with Gasteiger partial charge in [0.25, 0.3) is 0 Å². The van der Waals surface area contributed by atoms with E-state index in [1.165, 1.54) is 141 Å². The Kier molecular flexibility index (Phi) is 31.3. The molecule has 0 N–H and O–H groups in total. The molecule has 0 aromatic rings. The van der Waals surface area contributed by atoms with E-state index in [0.29, 0.717) is 12.8 Å². The summed E-state index contributed by atoms with van der Waals surface area (Å²) in [5.41, 5.74) is 0. The smallest absolute Gasteiger partial charge is 0.305 e. The molecule has 0 bridgehead atoms. The molecule has 0 unspecified atom stereocenters. The Bertz CT molecular complexity index is 447. The van der Waals surface area contributed by atoms with Crippen LogP contribution in [0.4, 0.5) is 0 Å². The quantitative estimate of drug-likeness (QED) is 0.0650. The molecule has 0 radical (unpaired) electrons. The first-order valence-corrected chi connectivity index (χ1v) is 17.0. The fourth-order valence-corrected chi connectivity index (χ4v) is 5.03. The Hall–Kier alpha value is -1.06. The van der Waals surface area contributed by atoms with Gasteiger partial charge in [-0.2, -0.15) is 0 Å². The number of ether oxygens (including phenoxy) is 2. The Morgan fingerprint density at radius 1 is 0.342 bits per heavy atom. The summed E-state index contributed by atoms with van der Waals surface area (Å²) in [5, 5.41) is 0. The van der Waals surface area contributed by atoms with Crippen molar-refractivity contribution in [3.05, 3.63) is 0 Å². The van der Waals surface area contributed by atoms with E-state index >= 15 is 0 Å². The molecule has 0 atom stereocenters. The second kappa shape index (κ2) is 32.2. The molecule has 0 fully saturated rings. The summed E-state index contributed by atoms with van der Waals surface area (Å²) in [6.45, 7) is 4.90. The van der Waals surface area contributed by atoms with E-state index in [0.717, 1.165) is 25.7 Å². The van der Waals surface area contributed by atoms with Gasteiger partial charge in [-0.1, -0.05) is 168 Å². The van der Waals surface area contributed by atoms with Gasteiger partial charge in [-0.05, 0) is 12.8 Å². The van der Waals surface area contributed by atoms with Gasteiger partial charge < -0.3 is 9.47 Å². The van der Waals surface area contributed by atoms with Crippen LogP contribution in [0.5, 0.6) is 0 Å². The molecular weight excluding hydrogens is 472 g/mol.